The van der Waals surface area contributed by atoms with Crippen molar-refractivity contribution >= 4 is 11.9 Å². The molecule has 2 aromatic rings. The maximum atomic E-state index is 13.2. The first-order chi connectivity index (χ1) is 17.3. The second kappa shape index (κ2) is 10.3. The molecular weight excluding hydrogens is 460 g/mol. The summed E-state index contributed by atoms with van der Waals surface area (Å²) in [5, 5.41) is 12.3. The van der Waals surface area contributed by atoms with Gasteiger partial charge in [-0.15, -0.1) is 0 Å². The van der Waals surface area contributed by atoms with E-state index in [2.05, 4.69) is 56.2 Å². The molecule has 2 fully saturated rings. The largest absolute Gasteiger partial charge is 0.481 e. The minimum atomic E-state index is -0.872. The molecule has 1 heterocycles. The van der Waals surface area contributed by atoms with Crippen LogP contribution < -0.4 is 5.32 Å². The number of amides is 1. The van der Waals surface area contributed by atoms with Crippen LogP contribution >= 0.6 is 0 Å². The number of benzene rings is 1. The fraction of sp³-hybridized carbons (Fsp3) is 0.625. The van der Waals surface area contributed by atoms with Crippen molar-refractivity contribution in [1.82, 2.24) is 10.3 Å². The lowest BCUT2D eigenvalue weighted by Gasteiger charge is -2.24. The Balaban J connectivity index is 1.67. The number of aliphatic carboxylic acids is 1. The SMILES string of the molecule is CC(C)(CCNC(=O)c1cc(-c2cc(C(C)(C)C)cc(C3(C)CC3)c2)c(CC2CCCCC2)[nH]1)C(=O)O. The third-order valence-corrected chi connectivity index (χ3v) is 8.78. The number of H-pyrrole nitrogens is 1. The number of carbonyl (C=O) groups is 2. The number of aromatic nitrogens is 1. The molecule has 202 valence electrons. The minimum Gasteiger partial charge on any atom is -0.481 e. The maximum Gasteiger partial charge on any atom is 0.309 e. The minimum absolute atomic E-state index is 0.0347. The summed E-state index contributed by atoms with van der Waals surface area (Å²) in [4.78, 5) is 28.1. The summed E-state index contributed by atoms with van der Waals surface area (Å²) in [5.41, 5.74) is 6.21. The predicted octanol–water partition coefficient (Wildman–Crippen LogP) is 7.38. The molecule has 3 N–H and O–H groups in total. The van der Waals surface area contributed by atoms with Crippen molar-refractivity contribution in [2.45, 2.75) is 110 Å². The lowest BCUT2D eigenvalue weighted by Crippen LogP contribution is -2.32. The maximum absolute atomic E-state index is 13.2. The smallest absolute Gasteiger partial charge is 0.309 e. The number of hydrogen-bond acceptors (Lipinski definition) is 2. The number of hydrogen-bond donors (Lipinski definition) is 3. The van der Waals surface area contributed by atoms with Crippen LogP contribution in [0.15, 0.2) is 24.3 Å². The van der Waals surface area contributed by atoms with Crippen molar-refractivity contribution in [3.05, 3.63) is 46.8 Å². The van der Waals surface area contributed by atoms with E-state index in [1.165, 1.54) is 61.6 Å². The molecule has 0 radical (unpaired) electrons. The van der Waals surface area contributed by atoms with E-state index < -0.39 is 11.4 Å². The van der Waals surface area contributed by atoms with E-state index in [0.717, 1.165) is 17.7 Å². The van der Waals surface area contributed by atoms with Gasteiger partial charge in [-0.2, -0.15) is 0 Å². The Labute approximate surface area is 222 Å². The number of carboxylic acid groups (broad SMARTS) is 1. The molecule has 0 aliphatic heterocycles. The number of aromatic amines is 1. The van der Waals surface area contributed by atoms with Crippen molar-refractivity contribution in [2.75, 3.05) is 6.54 Å². The molecule has 1 aromatic heterocycles. The van der Waals surface area contributed by atoms with Crippen molar-refractivity contribution in [3.8, 4) is 11.1 Å². The van der Waals surface area contributed by atoms with Gasteiger partial charge in [0, 0.05) is 17.8 Å². The van der Waals surface area contributed by atoms with Gasteiger partial charge in [-0.05, 0) is 79.0 Å². The second-order valence-corrected chi connectivity index (χ2v) is 13.6. The van der Waals surface area contributed by atoms with Crippen LogP contribution in [0.5, 0.6) is 0 Å². The van der Waals surface area contributed by atoms with E-state index >= 15 is 0 Å². The number of nitrogens with one attached hydrogen (secondary N) is 2. The lowest BCUT2D eigenvalue weighted by atomic mass is 9.81. The zero-order chi connectivity index (χ0) is 27.0. The molecule has 0 bridgehead atoms. The summed E-state index contributed by atoms with van der Waals surface area (Å²) >= 11 is 0. The first-order valence-electron chi connectivity index (χ1n) is 14.2. The molecule has 0 unspecified atom stereocenters. The van der Waals surface area contributed by atoms with E-state index in [1.54, 1.807) is 13.8 Å². The molecule has 37 heavy (non-hydrogen) atoms. The lowest BCUT2D eigenvalue weighted by molar-refractivity contribution is -0.147. The molecular formula is C32H46N2O3. The molecule has 4 rings (SSSR count). The van der Waals surface area contributed by atoms with Crippen LogP contribution in [0.4, 0.5) is 0 Å². The standard InChI is InChI=1S/C32H46N2O3/c1-30(2,3)23-17-22(18-24(19-23)32(6)12-13-32)25-20-27(28(35)33-15-14-31(4,5)29(36)37)34-26(25)16-21-10-8-7-9-11-21/h17-21,34H,7-16H2,1-6H3,(H,33,35)(H,36,37). The van der Waals surface area contributed by atoms with Gasteiger partial charge in [0.2, 0.25) is 0 Å². The van der Waals surface area contributed by atoms with Gasteiger partial charge < -0.3 is 15.4 Å². The molecule has 0 spiro atoms. The molecule has 2 aliphatic rings. The van der Waals surface area contributed by atoms with Gasteiger partial charge >= 0.3 is 5.97 Å². The monoisotopic (exact) mass is 506 g/mol. The first kappa shape index (κ1) is 27.5. The average molecular weight is 507 g/mol. The fourth-order valence-electron chi connectivity index (χ4n) is 5.45. The van der Waals surface area contributed by atoms with Crippen molar-refractivity contribution in [1.29, 1.82) is 0 Å². The van der Waals surface area contributed by atoms with E-state index in [9.17, 15) is 14.7 Å². The zero-order valence-corrected chi connectivity index (χ0v) is 23.7. The zero-order valence-electron chi connectivity index (χ0n) is 23.7. The van der Waals surface area contributed by atoms with Crippen LogP contribution in [0.1, 0.15) is 120 Å². The van der Waals surface area contributed by atoms with Gasteiger partial charge in [0.1, 0.15) is 5.69 Å². The number of rotatable bonds is 9. The summed E-state index contributed by atoms with van der Waals surface area (Å²) < 4.78 is 0. The summed E-state index contributed by atoms with van der Waals surface area (Å²) in [6, 6.07) is 9.09. The van der Waals surface area contributed by atoms with E-state index in [0.29, 0.717) is 24.6 Å². The number of carboxylic acids is 1. The predicted molar refractivity (Wildman–Crippen MR) is 150 cm³/mol. The Morgan fingerprint density at radius 1 is 1.03 bits per heavy atom. The Morgan fingerprint density at radius 2 is 1.70 bits per heavy atom. The summed E-state index contributed by atoms with van der Waals surface area (Å²) in [7, 11) is 0. The fourth-order valence-corrected chi connectivity index (χ4v) is 5.45. The van der Waals surface area contributed by atoms with Crippen molar-refractivity contribution in [2.24, 2.45) is 11.3 Å². The molecule has 2 aliphatic carbocycles. The van der Waals surface area contributed by atoms with E-state index in [-0.39, 0.29) is 16.7 Å². The van der Waals surface area contributed by atoms with Crippen molar-refractivity contribution in [3.63, 3.8) is 0 Å². The van der Waals surface area contributed by atoms with Crippen LogP contribution in [0.25, 0.3) is 11.1 Å². The highest BCUT2D eigenvalue weighted by molar-refractivity contribution is 5.94. The molecule has 1 amide bonds. The van der Waals surface area contributed by atoms with E-state index in [1.807, 2.05) is 6.07 Å². The van der Waals surface area contributed by atoms with Crippen LogP contribution in [0.3, 0.4) is 0 Å². The van der Waals surface area contributed by atoms with Gasteiger partial charge in [-0.3, -0.25) is 9.59 Å². The van der Waals surface area contributed by atoms with Crippen LogP contribution in [0.2, 0.25) is 0 Å². The van der Waals surface area contributed by atoms with E-state index in [4.69, 9.17) is 0 Å². The van der Waals surface area contributed by atoms with Crippen LogP contribution in [-0.2, 0) is 22.0 Å². The highest BCUT2D eigenvalue weighted by Gasteiger charge is 2.40. The van der Waals surface area contributed by atoms with Crippen LogP contribution in [0, 0.1) is 11.3 Å². The second-order valence-electron chi connectivity index (χ2n) is 13.6. The molecule has 1 aromatic carbocycles. The third-order valence-electron chi connectivity index (χ3n) is 8.78. The van der Waals surface area contributed by atoms with Gasteiger partial charge in [-0.1, -0.05) is 78.0 Å². The van der Waals surface area contributed by atoms with Crippen molar-refractivity contribution < 1.29 is 14.7 Å². The molecule has 2 saturated carbocycles. The number of carbonyl (C=O) groups excluding carboxylic acids is 1. The highest BCUT2D eigenvalue weighted by Crippen LogP contribution is 2.49. The summed E-state index contributed by atoms with van der Waals surface area (Å²) in [5.74, 6) is -0.374. The molecule has 5 heteroatoms. The summed E-state index contributed by atoms with van der Waals surface area (Å²) in [6.07, 6.45) is 10.2. The third kappa shape index (κ3) is 6.48. The highest BCUT2D eigenvalue weighted by atomic mass is 16.4. The van der Waals surface area contributed by atoms with Gasteiger partial charge in [0.25, 0.3) is 5.91 Å². The average Bonchev–Trinajstić information content (AvgIpc) is 3.45. The Bertz CT molecular complexity index is 1120. The van der Waals surface area contributed by atoms with Crippen LogP contribution in [-0.4, -0.2) is 28.5 Å². The topological polar surface area (TPSA) is 82.2 Å². The quantitative estimate of drug-likeness (QED) is 0.332. The Morgan fingerprint density at radius 3 is 2.30 bits per heavy atom. The molecule has 0 saturated heterocycles. The van der Waals surface area contributed by atoms with Gasteiger partial charge in [-0.25, -0.2) is 0 Å². The Kier molecular flexibility index (Phi) is 7.65. The van der Waals surface area contributed by atoms with Gasteiger partial charge in [0.05, 0.1) is 5.41 Å². The molecule has 0 atom stereocenters. The van der Waals surface area contributed by atoms with Gasteiger partial charge in [0.15, 0.2) is 0 Å². The first-order valence-corrected chi connectivity index (χ1v) is 14.2. The molecule has 5 nitrogen and oxygen atoms in total. The Hall–Kier alpha value is -2.56. The normalized spacial score (nSPS) is 18.0. The summed E-state index contributed by atoms with van der Waals surface area (Å²) in [6.45, 7) is 12.9.